The molecule has 0 bridgehead atoms. The molecular weight excluding hydrogens is 723 g/mol. The van der Waals surface area contributed by atoms with E-state index in [0.29, 0.717) is 18.7 Å². The first-order valence-corrected chi connectivity index (χ1v) is 27.2. The van der Waals surface area contributed by atoms with Crippen LogP contribution in [0.2, 0.25) is 0 Å². The fourth-order valence-corrected chi connectivity index (χ4v) is 8.60. The summed E-state index contributed by atoms with van der Waals surface area (Å²) in [6.07, 6.45) is 63.9. The minimum absolute atomic E-state index is 0.101. The van der Waals surface area contributed by atoms with Gasteiger partial charge in [-0.1, -0.05) is 257 Å². The van der Waals surface area contributed by atoms with Crippen LogP contribution in [-0.4, -0.2) is 29.4 Å². The molecule has 0 saturated carbocycles. The third-order valence-electron chi connectivity index (χ3n) is 12.8. The smallest absolute Gasteiger partial charge is 0.220 e. The Kier molecular flexibility index (Phi) is 50.2. The average Bonchev–Trinajstić information content (AvgIpc) is 3.23. The highest BCUT2D eigenvalue weighted by Gasteiger charge is 2.07. The van der Waals surface area contributed by atoms with Crippen molar-refractivity contribution in [1.82, 2.24) is 5.32 Å². The van der Waals surface area contributed by atoms with Crippen LogP contribution in [0.5, 0.6) is 0 Å². The molecule has 0 aliphatic carbocycles. The van der Waals surface area contributed by atoms with E-state index in [4.69, 9.17) is 0 Å². The number of Topliss-reactive ketones (excluding diaryl/α,β-unsaturated/α-hetero) is 1. The molecule has 0 heterocycles. The Bertz CT molecular complexity index is 855. The van der Waals surface area contributed by atoms with Gasteiger partial charge in [0.1, 0.15) is 5.78 Å². The average molecular weight is 830 g/mol. The second-order valence-electron chi connectivity index (χ2n) is 18.9. The first kappa shape index (κ1) is 57.8. The number of carbonyl (C=O) groups is 2. The number of allylic oxidation sites excluding steroid dienone is 2. The van der Waals surface area contributed by atoms with Crippen molar-refractivity contribution < 1.29 is 14.7 Å². The molecule has 0 rings (SSSR count). The van der Waals surface area contributed by atoms with E-state index in [9.17, 15) is 14.7 Å². The molecule has 1 amide bonds. The molecule has 0 spiro atoms. The molecule has 1 unspecified atom stereocenters. The minimum Gasteiger partial charge on any atom is -0.391 e. The van der Waals surface area contributed by atoms with Gasteiger partial charge < -0.3 is 10.4 Å². The van der Waals surface area contributed by atoms with Gasteiger partial charge in [0.2, 0.25) is 5.91 Å². The number of aliphatic hydroxyl groups is 1. The Morgan fingerprint density at radius 2 is 0.644 bits per heavy atom. The lowest BCUT2D eigenvalue weighted by Gasteiger charge is -2.12. The van der Waals surface area contributed by atoms with Crippen molar-refractivity contribution in [3.63, 3.8) is 0 Å². The van der Waals surface area contributed by atoms with Crippen molar-refractivity contribution in [3.8, 4) is 0 Å². The third kappa shape index (κ3) is 51.1. The van der Waals surface area contributed by atoms with Crippen LogP contribution in [0, 0.1) is 0 Å². The number of carbonyl (C=O) groups excluding carboxylic acids is 2. The van der Waals surface area contributed by atoms with Crippen LogP contribution in [-0.2, 0) is 9.59 Å². The van der Waals surface area contributed by atoms with Crippen molar-refractivity contribution in [2.45, 2.75) is 322 Å². The zero-order chi connectivity index (χ0) is 42.8. The van der Waals surface area contributed by atoms with E-state index < -0.39 is 6.10 Å². The van der Waals surface area contributed by atoms with Crippen LogP contribution in [0.15, 0.2) is 12.2 Å². The normalized spacial score (nSPS) is 12.2. The van der Waals surface area contributed by atoms with Crippen LogP contribution in [0.25, 0.3) is 0 Å². The molecule has 0 aromatic rings. The SMILES string of the molecule is CCCCCCCCC=CCCCCCCCCCCCC(=O)CCCCCCCCCCCCCCC(=O)NCC(O)CCCCCCCCCCCCCCCC. The number of ketones is 1. The van der Waals surface area contributed by atoms with Crippen LogP contribution < -0.4 is 5.32 Å². The predicted octanol–water partition coefficient (Wildman–Crippen LogP) is 18.0. The van der Waals surface area contributed by atoms with Crippen molar-refractivity contribution in [2.24, 2.45) is 0 Å². The van der Waals surface area contributed by atoms with E-state index in [2.05, 4.69) is 31.3 Å². The Morgan fingerprint density at radius 1 is 0.373 bits per heavy atom. The fraction of sp³-hybridized carbons (Fsp3) is 0.927. The predicted molar refractivity (Wildman–Crippen MR) is 262 cm³/mol. The molecule has 4 nitrogen and oxygen atoms in total. The van der Waals surface area contributed by atoms with E-state index in [0.717, 1.165) is 51.4 Å². The highest BCUT2D eigenvalue weighted by Crippen LogP contribution is 2.17. The summed E-state index contributed by atoms with van der Waals surface area (Å²) in [5, 5.41) is 13.2. The van der Waals surface area contributed by atoms with E-state index in [1.54, 1.807) is 0 Å². The van der Waals surface area contributed by atoms with E-state index in [1.807, 2.05) is 0 Å². The van der Waals surface area contributed by atoms with Crippen molar-refractivity contribution in [2.75, 3.05) is 6.54 Å². The van der Waals surface area contributed by atoms with E-state index in [-0.39, 0.29) is 5.91 Å². The molecule has 0 aliphatic rings. The van der Waals surface area contributed by atoms with Gasteiger partial charge in [-0.15, -0.1) is 0 Å². The largest absolute Gasteiger partial charge is 0.391 e. The molecule has 0 fully saturated rings. The fourth-order valence-electron chi connectivity index (χ4n) is 8.60. The van der Waals surface area contributed by atoms with Crippen molar-refractivity contribution >= 4 is 11.7 Å². The zero-order valence-electron chi connectivity index (χ0n) is 40.4. The van der Waals surface area contributed by atoms with Gasteiger partial charge in [-0.3, -0.25) is 9.59 Å². The quantitative estimate of drug-likeness (QED) is 0.0474. The summed E-state index contributed by atoms with van der Waals surface area (Å²) in [5.74, 6) is 0.597. The summed E-state index contributed by atoms with van der Waals surface area (Å²) < 4.78 is 0. The lowest BCUT2D eigenvalue weighted by Crippen LogP contribution is -2.31. The lowest BCUT2D eigenvalue weighted by atomic mass is 10.0. The number of rotatable bonds is 51. The molecule has 0 aromatic heterocycles. The number of hydrogen-bond acceptors (Lipinski definition) is 3. The third-order valence-corrected chi connectivity index (χ3v) is 12.8. The van der Waals surface area contributed by atoms with E-state index >= 15 is 0 Å². The van der Waals surface area contributed by atoms with Gasteiger partial charge in [-0.25, -0.2) is 0 Å². The standard InChI is InChI=1S/C55H107NO3/c1-3-5-7-9-11-13-15-17-19-20-21-22-23-25-28-32-36-40-44-48-53(57)49-45-41-37-33-29-26-27-31-35-39-43-47-51-55(59)56-52-54(58)50-46-42-38-34-30-24-18-16-14-12-10-8-6-4-2/h17,19,54,58H,3-16,18,20-52H2,1-2H3,(H,56,59). The zero-order valence-corrected chi connectivity index (χ0v) is 40.4. The monoisotopic (exact) mass is 830 g/mol. The number of nitrogens with one attached hydrogen (secondary N) is 1. The first-order chi connectivity index (χ1) is 29.1. The molecular formula is C55H107NO3. The van der Waals surface area contributed by atoms with Crippen LogP contribution in [0.1, 0.15) is 316 Å². The Balaban J connectivity index is 3.30. The molecule has 0 saturated heterocycles. The molecule has 0 aromatic carbocycles. The molecule has 1 atom stereocenters. The number of aliphatic hydroxyl groups excluding tert-OH is 1. The second kappa shape index (κ2) is 51.2. The van der Waals surface area contributed by atoms with Crippen molar-refractivity contribution in [3.05, 3.63) is 12.2 Å². The molecule has 0 radical (unpaired) electrons. The van der Waals surface area contributed by atoms with Gasteiger partial charge in [0, 0.05) is 25.8 Å². The maximum Gasteiger partial charge on any atom is 0.220 e. The Labute approximate surface area is 370 Å². The van der Waals surface area contributed by atoms with Gasteiger partial charge in [0.05, 0.1) is 6.10 Å². The summed E-state index contributed by atoms with van der Waals surface area (Å²) in [6.45, 7) is 4.98. The van der Waals surface area contributed by atoms with Crippen LogP contribution in [0.4, 0.5) is 0 Å². The summed E-state index contributed by atoms with van der Waals surface area (Å²) in [7, 11) is 0. The number of unbranched alkanes of at least 4 members (excludes halogenated alkanes) is 39. The number of hydrogen-bond donors (Lipinski definition) is 2. The van der Waals surface area contributed by atoms with Crippen LogP contribution in [0.3, 0.4) is 0 Å². The molecule has 59 heavy (non-hydrogen) atoms. The maximum atomic E-state index is 12.3. The summed E-state index contributed by atoms with van der Waals surface area (Å²) in [4.78, 5) is 24.5. The molecule has 0 aliphatic heterocycles. The Morgan fingerprint density at radius 3 is 0.983 bits per heavy atom. The molecule has 350 valence electrons. The van der Waals surface area contributed by atoms with Gasteiger partial charge in [0.15, 0.2) is 0 Å². The lowest BCUT2D eigenvalue weighted by molar-refractivity contribution is -0.121. The van der Waals surface area contributed by atoms with Gasteiger partial charge in [-0.2, -0.15) is 0 Å². The molecule has 2 N–H and O–H groups in total. The van der Waals surface area contributed by atoms with Gasteiger partial charge in [0.25, 0.3) is 0 Å². The number of amides is 1. The van der Waals surface area contributed by atoms with Crippen molar-refractivity contribution in [1.29, 1.82) is 0 Å². The topological polar surface area (TPSA) is 66.4 Å². The molecule has 4 heteroatoms. The summed E-state index contributed by atoms with van der Waals surface area (Å²) in [6, 6.07) is 0. The first-order valence-electron chi connectivity index (χ1n) is 27.2. The highest BCUT2D eigenvalue weighted by atomic mass is 16.3. The van der Waals surface area contributed by atoms with Gasteiger partial charge in [-0.05, 0) is 51.4 Å². The summed E-state index contributed by atoms with van der Waals surface area (Å²) >= 11 is 0. The maximum absolute atomic E-state index is 12.3. The van der Waals surface area contributed by atoms with Gasteiger partial charge >= 0.3 is 0 Å². The van der Waals surface area contributed by atoms with Crippen LogP contribution >= 0.6 is 0 Å². The summed E-state index contributed by atoms with van der Waals surface area (Å²) in [5.41, 5.74) is 0. The highest BCUT2D eigenvalue weighted by molar-refractivity contribution is 5.78. The van der Waals surface area contributed by atoms with E-state index in [1.165, 1.54) is 244 Å². The Hall–Kier alpha value is -1.16. The minimum atomic E-state index is -0.401. The second-order valence-corrected chi connectivity index (χ2v) is 18.9.